The van der Waals surface area contributed by atoms with Crippen molar-refractivity contribution in [2.75, 3.05) is 13.6 Å². The Hall–Kier alpha value is -3.63. The zero-order valence-electron chi connectivity index (χ0n) is 18.9. The van der Waals surface area contributed by atoms with Gasteiger partial charge in [-0.25, -0.2) is 9.78 Å². The number of Topliss-reactive ketones (excluding diaryl/α,β-unsaturated/α-hetero) is 1. The van der Waals surface area contributed by atoms with Crippen molar-refractivity contribution in [2.24, 2.45) is 0 Å². The Morgan fingerprint density at radius 1 is 1.18 bits per heavy atom. The number of ketones is 1. The predicted molar refractivity (Wildman–Crippen MR) is 129 cm³/mol. The van der Waals surface area contributed by atoms with Crippen LogP contribution in [-0.2, 0) is 12.8 Å². The molecule has 1 amide bonds. The molecule has 178 valence electrons. The number of aromatic nitrogens is 1. The third-order valence-electron chi connectivity index (χ3n) is 5.50. The summed E-state index contributed by atoms with van der Waals surface area (Å²) in [5.41, 5.74) is 2.07. The first-order chi connectivity index (χ1) is 16.3. The lowest BCUT2D eigenvalue weighted by Crippen LogP contribution is -2.48. The molecule has 2 aromatic carbocycles. The summed E-state index contributed by atoms with van der Waals surface area (Å²) in [6.07, 6.45) is 0.0459. The standard InChI is InChI=1S/C24H26N4O5S/c1-3-22-26-20(15-34-22)19(13-16-9-11-18(12-10-16)28(32)33)25-14-21(27(2)24(30)31)23(29)17-7-5-4-6-8-17/h4-12,15,19,21,25H,3,13-14H2,1-2H3,(H,30,31)/t19-,21-/m0/s1. The number of non-ortho nitro benzene ring substituents is 1. The third-order valence-corrected chi connectivity index (χ3v) is 6.52. The highest BCUT2D eigenvalue weighted by atomic mass is 32.1. The summed E-state index contributed by atoms with van der Waals surface area (Å²) in [6.45, 7) is 2.09. The van der Waals surface area contributed by atoms with E-state index in [1.807, 2.05) is 12.3 Å². The normalized spacial score (nSPS) is 12.6. The molecule has 1 heterocycles. The van der Waals surface area contributed by atoms with E-state index in [0.29, 0.717) is 12.0 Å². The quantitative estimate of drug-likeness (QED) is 0.236. The van der Waals surface area contributed by atoms with Gasteiger partial charge in [-0.2, -0.15) is 0 Å². The van der Waals surface area contributed by atoms with Gasteiger partial charge < -0.3 is 10.4 Å². The van der Waals surface area contributed by atoms with E-state index in [4.69, 9.17) is 0 Å². The van der Waals surface area contributed by atoms with Gasteiger partial charge in [0.1, 0.15) is 6.04 Å². The number of nitrogens with zero attached hydrogens (tertiary/aromatic N) is 3. The number of benzene rings is 2. The number of rotatable bonds is 11. The lowest BCUT2D eigenvalue weighted by molar-refractivity contribution is -0.384. The van der Waals surface area contributed by atoms with Crippen LogP contribution in [0.2, 0.25) is 0 Å². The number of carbonyl (C=O) groups is 2. The van der Waals surface area contributed by atoms with E-state index in [1.165, 1.54) is 30.5 Å². The lowest BCUT2D eigenvalue weighted by atomic mass is 10.0. The summed E-state index contributed by atoms with van der Waals surface area (Å²) >= 11 is 1.53. The average Bonchev–Trinajstić information content (AvgIpc) is 3.33. The van der Waals surface area contributed by atoms with Crippen LogP contribution in [0.3, 0.4) is 0 Å². The molecule has 0 bridgehead atoms. The second-order valence-corrected chi connectivity index (χ2v) is 8.69. The van der Waals surface area contributed by atoms with Crippen LogP contribution in [0.25, 0.3) is 0 Å². The van der Waals surface area contributed by atoms with Gasteiger partial charge in [0, 0.05) is 36.7 Å². The molecule has 0 unspecified atom stereocenters. The molecule has 0 saturated carbocycles. The zero-order chi connectivity index (χ0) is 24.7. The van der Waals surface area contributed by atoms with E-state index in [0.717, 1.165) is 27.6 Å². The van der Waals surface area contributed by atoms with Crippen molar-refractivity contribution in [1.82, 2.24) is 15.2 Å². The number of hydrogen-bond acceptors (Lipinski definition) is 7. The lowest BCUT2D eigenvalue weighted by Gasteiger charge is -2.27. The molecule has 0 aliphatic rings. The Labute approximate surface area is 201 Å². The molecule has 0 radical (unpaired) electrons. The monoisotopic (exact) mass is 482 g/mol. The van der Waals surface area contributed by atoms with Gasteiger partial charge in [0.25, 0.3) is 5.69 Å². The number of hydrogen-bond donors (Lipinski definition) is 2. The second kappa shape index (κ2) is 11.5. The number of amides is 1. The van der Waals surface area contributed by atoms with Gasteiger partial charge in [-0.3, -0.25) is 19.8 Å². The first kappa shape index (κ1) is 25.0. The fourth-order valence-corrected chi connectivity index (χ4v) is 4.30. The molecule has 0 aliphatic carbocycles. The summed E-state index contributed by atoms with van der Waals surface area (Å²) in [5.74, 6) is -0.306. The van der Waals surface area contributed by atoms with Crippen molar-refractivity contribution in [1.29, 1.82) is 0 Å². The predicted octanol–water partition coefficient (Wildman–Crippen LogP) is 4.35. The zero-order valence-corrected chi connectivity index (χ0v) is 19.7. The molecule has 3 aromatic rings. The Morgan fingerprint density at radius 2 is 1.85 bits per heavy atom. The number of nitro benzene ring substituents is 1. The van der Waals surface area contributed by atoms with Crippen LogP contribution >= 0.6 is 11.3 Å². The smallest absolute Gasteiger partial charge is 0.407 e. The Bertz CT molecular complexity index is 1130. The summed E-state index contributed by atoms with van der Waals surface area (Å²) in [7, 11) is 1.37. The Morgan fingerprint density at radius 3 is 2.41 bits per heavy atom. The van der Waals surface area contributed by atoms with Crippen LogP contribution in [0.1, 0.15) is 39.6 Å². The number of likely N-dealkylation sites (N-methyl/N-ethyl adjacent to an activating group) is 1. The number of thiazole rings is 1. The number of carboxylic acid groups (broad SMARTS) is 1. The van der Waals surface area contributed by atoms with Crippen molar-refractivity contribution in [3.63, 3.8) is 0 Å². The van der Waals surface area contributed by atoms with E-state index in [1.54, 1.807) is 42.5 Å². The fraction of sp³-hybridized carbons (Fsp3) is 0.292. The first-order valence-corrected chi connectivity index (χ1v) is 11.6. The molecule has 34 heavy (non-hydrogen) atoms. The number of carbonyl (C=O) groups excluding carboxylic acids is 1. The maximum Gasteiger partial charge on any atom is 0.407 e. The summed E-state index contributed by atoms with van der Waals surface area (Å²) < 4.78 is 0. The Balaban J connectivity index is 1.84. The molecule has 2 N–H and O–H groups in total. The summed E-state index contributed by atoms with van der Waals surface area (Å²) in [5, 5.41) is 26.8. The molecule has 0 fully saturated rings. The minimum absolute atomic E-state index is 0.00629. The summed E-state index contributed by atoms with van der Waals surface area (Å²) in [6, 6.07) is 13.6. The van der Waals surface area contributed by atoms with Crippen molar-refractivity contribution < 1.29 is 19.6 Å². The van der Waals surface area contributed by atoms with Gasteiger partial charge in [-0.1, -0.05) is 49.4 Å². The van der Waals surface area contributed by atoms with Crippen LogP contribution in [0, 0.1) is 10.1 Å². The van der Waals surface area contributed by atoms with Crippen LogP contribution in [0.5, 0.6) is 0 Å². The number of nitro groups is 1. The minimum atomic E-state index is -1.20. The molecule has 0 spiro atoms. The highest BCUT2D eigenvalue weighted by molar-refractivity contribution is 7.09. The molecule has 0 aliphatic heterocycles. The van der Waals surface area contributed by atoms with E-state index < -0.39 is 17.1 Å². The maximum atomic E-state index is 13.1. The summed E-state index contributed by atoms with van der Waals surface area (Å²) in [4.78, 5) is 41.0. The van der Waals surface area contributed by atoms with Crippen LogP contribution < -0.4 is 5.32 Å². The topological polar surface area (TPSA) is 126 Å². The molecule has 10 heteroatoms. The number of nitrogens with one attached hydrogen (secondary N) is 1. The van der Waals surface area contributed by atoms with Crippen LogP contribution in [-0.4, -0.2) is 51.4 Å². The van der Waals surface area contributed by atoms with Crippen LogP contribution in [0.15, 0.2) is 60.0 Å². The van der Waals surface area contributed by atoms with E-state index in [9.17, 15) is 24.8 Å². The van der Waals surface area contributed by atoms with Gasteiger partial charge in [-0.05, 0) is 18.4 Å². The minimum Gasteiger partial charge on any atom is -0.465 e. The molecule has 2 atom stereocenters. The molecular weight excluding hydrogens is 456 g/mol. The fourth-order valence-electron chi connectivity index (χ4n) is 3.51. The highest BCUT2D eigenvalue weighted by Crippen LogP contribution is 2.23. The van der Waals surface area contributed by atoms with Gasteiger partial charge in [0.2, 0.25) is 0 Å². The third kappa shape index (κ3) is 6.24. The van der Waals surface area contributed by atoms with Crippen molar-refractivity contribution in [3.8, 4) is 0 Å². The maximum absolute atomic E-state index is 13.1. The number of aryl methyl sites for hydroxylation is 1. The first-order valence-electron chi connectivity index (χ1n) is 10.8. The van der Waals surface area contributed by atoms with E-state index in [2.05, 4.69) is 10.3 Å². The molecule has 9 nitrogen and oxygen atoms in total. The van der Waals surface area contributed by atoms with E-state index in [-0.39, 0.29) is 24.1 Å². The second-order valence-electron chi connectivity index (χ2n) is 7.75. The van der Waals surface area contributed by atoms with E-state index >= 15 is 0 Å². The van der Waals surface area contributed by atoms with Gasteiger partial charge in [0.15, 0.2) is 5.78 Å². The molecule has 0 saturated heterocycles. The average molecular weight is 483 g/mol. The highest BCUT2D eigenvalue weighted by Gasteiger charge is 2.29. The SMILES string of the molecule is CCc1nc([C@H](Cc2ccc([N+](=O)[O-])cc2)NC[C@@H](C(=O)c2ccccc2)N(C)C(=O)O)cs1. The van der Waals surface area contributed by atoms with Gasteiger partial charge in [0.05, 0.1) is 21.7 Å². The molecule has 3 rings (SSSR count). The van der Waals surface area contributed by atoms with Crippen molar-refractivity contribution in [3.05, 3.63) is 91.9 Å². The van der Waals surface area contributed by atoms with Crippen molar-refractivity contribution >= 4 is 28.9 Å². The molecule has 1 aromatic heterocycles. The molecular formula is C24H26N4O5S. The van der Waals surface area contributed by atoms with Gasteiger partial charge >= 0.3 is 6.09 Å². The van der Waals surface area contributed by atoms with Gasteiger partial charge in [-0.15, -0.1) is 11.3 Å². The Kier molecular flexibility index (Phi) is 8.44. The largest absolute Gasteiger partial charge is 0.465 e. The van der Waals surface area contributed by atoms with Crippen molar-refractivity contribution in [2.45, 2.75) is 31.8 Å². The van der Waals surface area contributed by atoms with Crippen LogP contribution in [0.4, 0.5) is 10.5 Å².